The third-order valence-corrected chi connectivity index (χ3v) is 5.62. The molecule has 0 aromatic carbocycles. The monoisotopic (exact) mass is 301 g/mol. The van der Waals surface area contributed by atoms with Gasteiger partial charge in [-0.15, -0.1) is 11.3 Å². The molecule has 1 fully saturated rings. The molecule has 90 valence electrons. The third-order valence-electron chi connectivity index (χ3n) is 3.90. The summed E-state index contributed by atoms with van der Waals surface area (Å²) in [6.07, 6.45) is 6.72. The van der Waals surface area contributed by atoms with E-state index in [0.717, 1.165) is 5.92 Å². The van der Waals surface area contributed by atoms with Crippen LogP contribution in [-0.4, -0.2) is 0 Å². The van der Waals surface area contributed by atoms with Gasteiger partial charge < -0.3 is 5.73 Å². The molecular formula is C13H20BrNS. The van der Waals surface area contributed by atoms with E-state index in [0.29, 0.717) is 5.92 Å². The van der Waals surface area contributed by atoms with E-state index in [9.17, 15) is 0 Å². The fourth-order valence-corrected chi connectivity index (χ4v) is 4.21. The molecule has 1 heterocycles. The summed E-state index contributed by atoms with van der Waals surface area (Å²) < 4.78 is 1.19. The van der Waals surface area contributed by atoms with Gasteiger partial charge in [0.1, 0.15) is 0 Å². The highest BCUT2D eigenvalue weighted by molar-refractivity contribution is 9.11. The minimum atomic E-state index is 0.258. The summed E-state index contributed by atoms with van der Waals surface area (Å²) in [5.41, 5.74) is 6.36. The first kappa shape index (κ1) is 12.6. The van der Waals surface area contributed by atoms with Crippen molar-refractivity contribution in [2.45, 2.75) is 45.1 Å². The normalized spacial score (nSPS) is 27.9. The lowest BCUT2D eigenvalue weighted by Gasteiger charge is -2.31. The Morgan fingerprint density at radius 2 is 2.06 bits per heavy atom. The SMILES string of the molecule is CCC1CCC(C(N)c2ccc(Br)s2)CC1. The van der Waals surface area contributed by atoms with Crippen LogP contribution in [-0.2, 0) is 0 Å². The smallest absolute Gasteiger partial charge is 0.0701 e. The zero-order chi connectivity index (χ0) is 11.5. The van der Waals surface area contributed by atoms with Gasteiger partial charge in [0.15, 0.2) is 0 Å². The van der Waals surface area contributed by atoms with E-state index < -0.39 is 0 Å². The molecule has 1 saturated carbocycles. The van der Waals surface area contributed by atoms with Crippen molar-refractivity contribution in [3.8, 4) is 0 Å². The van der Waals surface area contributed by atoms with E-state index in [1.54, 1.807) is 11.3 Å². The van der Waals surface area contributed by atoms with E-state index >= 15 is 0 Å². The molecule has 0 saturated heterocycles. The summed E-state index contributed by atoms with van der Waals surface area (Å²) in [4.78, 5) is 1.34. The predicted octanol–water partition coefficient (Wildman–Crippen LogP) is 4.73. The van der Waals surface area contributed by atoms with Crippen molar-refractivity contribution in [3.63, 3.8) is 0 Å². The van der Waals surface area contributed by atoms with Crippen molar-refractivity contribution in [1.82, 2.24) is 0 Å². The second-order valence-corrected chi connectivity index (χ2v) is 7.35. The molecule has 0 bridgehead atoms. The maximum Gasteiger partial charge on any atom is 0.0701 e. The molecule has 0 spiro atoms. The minimum absolute atomic E-state index is 0.258. The second-order valence-electron chi connectivity index (χ2n) is 4.86. The summed E-state index contributed by atoms with van der Waals surface area (Å²) in [5.74, 6) is 1.66. The van der Waals surface area contributed by atoms with Crippen LogP contribution in [0.3, 0.4) is 0 Å². The summed E-state index contributed by atoms with van der Waals surface area (Å²) in [5, 5.41) is 0. The Hall–Kier alpha value is 0.140. The van der Waals surface area contributed by atoms with Crippen molar-refractivity contribution in [2.24, 2.45) is 17.6 Å². The molecular weight excluding hydrogens is 282 g/mol. The number of rotatable bonds is 3. The molecule has 1 aromatic rings. The van der Waals surface area contributed by atoms with Crippen LogP contribution in [0.25, 0.3) is 0 Å². The molecule has 2 rings (SSSR count). The lowest BCUT2D eigenvalue weighted by atomic mass is 9.77. The molecule has 0 aliphatic heterocycles. The van der Waals surface area contributed by atoms with Gasteiger partial charge in [-0.3, -0.25) is 0 Å². The number of hydrogen-bond acceptors (Lipinski definition) is 2. The average Bonchev–Trinajstić information content (AvgIpc) is 2.75. The summed E-state index contributed by atoms with van der Waals surface area (Å²) in [6, 6.07) is 4.54. The zero-order valence-electron chi connectivity index (χ0n) is 9.79. The predicted molar refractivity (Wildman–Crippen MR) is 74.7 cm³/mol. The highest BCUT2D eigenvalue weighted by Gasteiger charge is 2.26. The van der Waals surface area contributed by atoms with E-state index in [2.05, 4.69) is 35.0 Å². The van der Waals surface area contributed by atoms with Crippen LogP contribution in [0.1, 0.15) is 49.9 Å². The summed E-state index contributed by atoms with van der Waals surface area (Å²) >= 11 is 5.30. The van der Waals surface area contributed by atoms with Gasteiger partial charge in [-0.1, -0.05) is 26.2 Å². The first-order chi connectivity index (χ1) is 7.70. The van der Waals surface area contributed by atoms with Gasteiger partial charge >= 0.3 is 0 Å². The Morgan fingerprint density at radius 1 is 1.38 bits per heavy atom. The van der Waals surface area contributed by atoms with Gasteiger partial charge in [0.2, 0.25) is 0 Å². The molecule has 1 nitrogen and oxygen atoms in total. The molecule has 3 heteroatoms. The van der Waals surface area contributed by atoms with Crippen LogP contribution in [0, 0.1) is 11.8 Å². The lowest BCUT2D eigenvalue weighted by molar-refractivity contribution is 0.241. The van der Waals surface area contributed by atoms with Gasteiger partial charge in [-0.25, -0.2) is 0 Å². The number of thiophene rings is 1. The van der Waals surface area contributed by atoms with Crippen LogP contribution in [0.5, 0.6) is 0 Å². The first-order valence-electron chi connectivity index (χ1n) is 6.21. The molecule has 1 aliphatic rings. The fourth-order valence-electron chi connectivity index (χ4n) is 2.70. The standard InChI is InChI=1S/C13H20BrNS/c1-2-9-3-5-10(6-4-9)13(15)11-7-8-12(14)16-11/h7-10,13H,2-6,15H2,1H3. The lowest BCUT2D eigenvalue weighted by Crippen LogP contribution is -2.25. The topological polar surface area (TPSA) is 26.0 Å². The highest BCUT2D eigenvalue weighted by atomic mass is 79.9. The molecule has 2 N–H and O–H groups in total. The number of halogens is 1. The molecule has 0 amide bonds. The average molecular weight is 302 g/mol. The maximum atomic E-state index is 6.36. The van der Waals surface area contributed by atoms with Crippen LogP contribution in [0.2, 0.25) is 0 Å². The molecule has 0 radical (unpaired) electrons. The van der Waals surface area contributed by atoms with E-state index in [4.69, 9.17) is 5.73 Å². The summed E-state index contributed by atoms with van der Waals surface area (Å²) in [7, 11) is 0. The molecule has 16 heavy (non-hydrogen) atoms. The van der Waals surface area contributed by atoms with Crippen molar-refractivity contribution < 1.29 is 0 Å². The van der Waals surface area contributed by atoms with E-state index in [1.807, 2.05) is 0 Å². The quantitative estimate of drug-likeness (QED) is 0.858. The summed E-state index contributed by atoms with van der Waals surface area (Å²) in [6.45, 7) is 2.31. The zero-order valence-corrected chi connectivity index (χ0v) is 12.2. The Bertz CT molecular complexity index is 328. The maximum absolute atomic E-state index is 6.36. The van der Waals surface area contributed by atoms with Crippen molar-refractivity contribution in [1.29, 1.82) is 0 Å². The Kier molecular flexibility index (Phi) is 4.45. The van der Waals surface area contributed by atoms with Crippen LogP contribution < -0.4 is 5.73 Å². The van der Waals surface area contributed by atoms with Gasteiger partial charge in [0, 0.05) is 10.9 Å². The third kappa shape index (κ3) is 2.88. The molecule has 1 unspecified atom stereocenters. The molecule has 1 aliphatic carbocycles. The minimum Gasteiger partial charge on any atom is -0.323 e. The van der Waals surface area contributed by atoms with Gasteiger partial charge in [0.25, 0.3) is 0 Å². The van der Waals surface area contributed by atoms with Crippen molar-refractivity contribution >= 4 is 27.3 Å². The van der Waals surface area contributed by atoms with Crippen LogP contribution in [0.4, 0.5) is 0 Å². The van der Waals surface area contributed by atoms with Crippen molar-refractivity contribution in [2.75, 3.05) is 0 Å². The Balaban J connectivity index is 1.93. The number of hydrogen-bond donors (Lipinski definition) is 1. The first-order valence-corrected chi connectivity index (χ1v) is 7.82. The van der Waals surface area contributed by atoms with E-state index in [-0.39, 0.29) is 6.04 Å². The van der Waals surface area contributed by atoms with Crippen LogP contribution >= 0.6 is 27.3 Å². The number of nitrogens with two attached hydrogens (primary N) is 1. The van der Waals surface area contributed by atoms with Gasteiger partial charge in [-0.05, 0) is 52.7 Å². The van der Waals surface area contributed by atoms with Crippen LogP contribution in [0.15, 0.2) is 15.9 Å². The Morgan fingerprint density at radius 3 is 2.56 bits per heavy atom. The van der Waals surface area contributed by atoms with Crippen molar-refractivity contribution in [3.05, 3.63) is 20.8 Å². The van der Waals surface area contributed by atoms with Gasteiger partial charge in [-0.2, -0.15) is 0 Å². The van der Waals surface area contributed by atoms with E-state index in [1.165, 1.54) is 40.8 Å². The fraction of sp³-hybridized carbons (Fsp3) is 0.692. The Labute approximate surface area is 111 Å². The second kappa shape index (κ2) is 5.65. The largest absolute Gasteiger partial charge is 0.323 e. The van der Waals surface area contributed by atoms with Gasteiger partial charge in [0.05, 0.1) is 3.79 Å². The molecule has 1 aromatic heterocycles. The molecule has 1 atom stereocenters. The highest BCUT2D eigenvalue weighted by Crippen LogP contribution is 2.39.